The first kappa shape index (κ1) is 21.0. The second-order valence-electron chi connectivity index (χ2n) is 11.5. The molecule has 7 heteroatoms. The third kappa shape index (κ3) is 2.14. The summed E-state index contributed by atoms with van der Waals surface area (Å²) in [5.41, 5.74) is 3.75. The highest BCUT2D eigenvalue weighted by atomic mass is 127. The van der Waals surface area contributed by atoms with E-state index in [9.17, 15) is 4.79 Å². The number of amides is 1. The highest BCUT2D eigenvalue weighted by Gasteiger charge is 2.78. The summed E-state index contributed by atoms with van der Waals surface area (Å²) in [7, 11) is 3.37. The van der Waals surface area contributed by atoms with Crippen LogP contribution in [0, 0.1) is 17.3 Å². The minimum Gasteiger partial charge on any atom is -0.493 e. The highest BCUT2D eigenvalue weighted by Crippen LogP contribution is 2.72. The fourth-order valence-electron chi connectivity index (χ4n) is 9.23. The fourth-order valence-corrected chi connectivity index (χ4v) is 10.1. The first-order valence-corrected chi connectivity index (χ1v) is 13.1. The Morgan fingerprint density at radius 3 is 2.61 bits per heavy atom. The van der Waals surface area contributed by atoms with Gasteiger partial charge in [-0.25, -0.2) is 0 Å². The molecule has 4 fully saturated rings. The number of hydrogen-bond donors (Lipinski definition) is 0. The molecule has 6 nitrogen and oxygen atoms in total. The molecule has 1 unspecified atom stereocenters. The maximum Gasteiger partial charge on any atom is 0.245 e. The summed E-state index contributed by atoms with van der Waals surface area (Å²) < 4.78 is 17.4. The van der Waals surface area contributed by atoms with E-state index in [2.05, 4.69) is 71.4 Å². The molecule has 33 heavy (non-hydrogen) atoms. The molecule has 6 aliphatic rings. The van der Waals surface area contributed by atoms with E-state index in [0.29, 0.717) is 24.3 Å². The smallest absolute Gasteiger partial charge is 0.245 e. The zero-order chi connectivity index (χ0) is 23.1. The Morgan fingerprint density at radius 1 is 1.15 bits per heavy atom. The van der Waals surface area contributed by atoms with Crippen LogP contribution in [0.4, 0.5) is 5.69 Å². The monoisotopic (exact) mass is 562 g/mol. The maximum atomic E-state index is 14.3. The van der Waals surface area contributed by atoms with Gasteiger partial charge in [-0.05, 0) is 42.9 Å². The molecule has 1 spiro atoms. The lowest BCUT2D eigenvalue weighted by molar-refractivity contribution is -0.148. The Kier molecular flexibility index (Phi) is 3.99. The molecule has 0 N–H and O–H groups in total. The van der Waals surface area contributed by atoms with Crippen molar-refractivity contribution in [2.45, 2.75) is 54.2 Å². The van der Waals surface area contributed by atoms with Gasteiger partial charge < -0.3 is 19.1 Å². The van der Waals surface area contributed by atoms with Gasteiger partial charge in [0.2, 0.25) is 5.91 Å². The number of benzene rings is 1. The van der Waals surface area contributed by atoms with Gasteiger partial charge in [-0.3, -0.25) is 9.69 Å². The lowest BCUT2D eigenvalue weighted by atomic mass is 9.44. The number of methoxy groups -OCH3 is 2. The van der Waals surface area contributed by atoms with E-state index in [1.165, 1.54) is 11.1 Å². The van der Waals surface area contributed by atoms with E-state index in [-0.39, 0.29) is 34.8 Å². The predicted octanol–water partition coefficient (Wildman–Crippen LogP) is 3.55. The average Bonchev–Trinajstić information content (AvgIpc) is 3.21. The van der Waals surface area contributed by atoms with Crippen LogP contribution in [0.3, 0.4) is 0 Å². The molecule has 176 valence electrons. The summed E-state index contributed by atoms with van der Waals surface area (Å²) in [6.07, 6.45) is 3.29. The molecule has 1 aromatic carbocycles. The number of anilines is 1. The van der Waals surface area contributed by atoms with Crippen molar-refractivity contribution >= 4 is 34.2 Å². The van der Waals surface area contributed by atoms with Crippen molar-refractivity contribution in [1.82, 2.24) is 4.90 Å². The molecule has 5 heterocycles. The number of carbonyl (C=O) groups is 1. The number of alkyl halides is 1. The molecule has 1 aliphatic carbocycles. The van der Waals surface area contributed by atoms with Crippen molar-refractivity contribution in [3.8, 4) is 11.5 Å². The second-order valence-corrected chi connectivity index (χ2v) is 13.7. The van der Waals surface area contributed by atoms with Crippen LogP contribution in [0.25, 0.3) is 0 Å². The predicted molar refractivity (Wildman–Crippen MR) is 133 cm³/mol. The van der Waals surface area contributed by atoms with Crippen molar-refractivity contribution in [1.29, 1.82) is 0 Å². The van der Waals surface area contributed by atoms with Gasteiger partial charge in [0.15, 0.2) is 11.5 Å². The van der Waals surface area contributed by atoms with Crippen LogP contribution in [0.1, 0.15) is 32.8 Å². The molecular weight excluding hydrogens is 531 g/mol. The molecular formula is C26H31IN2O4. The van der Waals surface area contributed by atoms with Gasteiger partial charge in [0.05, 0.1) is 38.7 Å². The maximum absolute atomic E-state index is 14.3. The molecule has 1 aromatic rings. The highest BCUT2D eigenvalue weighted by molar-refractivity contribution is 14.1. The van der Waals surface area contributed by atoms with Crippen molar-refractivity contribution in [3.63, 3.8) is 0 Å². The van der Waals surface area contributed by atoms with E-state index < -0.39 is 3.42 Å². The Hall–Kier alpha value is -1.32. The van der Waals surface area contributed by atoms with E-state index in [0.717, 1.165) is 30.9 Å². The minimum atomic E-state index is -0.628. The first-order chi connectivity index (χ1) is 15.7. The van der Waals surface area contributed by atoms with Gasteiger partial charge in [-0.15, -0.1) is 0 Å². The summed E-state index contributed by atoms with van der Waals surface area (Å²) in [5.74, 6) is 2.27. The van der Waals surface area contributed by atoms with Crippen LogP contribution in [0.5, 0.6) is 11.5 Å². The molecule has 7 atom stereocenters. The van der Waals surface area contributed by atoms with E-state index in [1.54, 1.807) is 14.2 Å². The fraction of sp³-hybridized carbons (Fsp3) is 0.654. The summed E-state index contributed by atoms with van der Waals surface area (Å²) in [6.45, 7) is 9.70. The van der Waals surface area contributed by atoms with E-state index in [4.69, 9.17) is 14.2 Å². The summed E-state index contributed by atoms with van der Waals surface area (Å²) in [4.78, 5) is 19.1. The number of halogens is 1. The number of nitrogens with zero attached hydrogens (tertiary/aromatic N) is 2. The quantitative estimate of drug-likeness (QED) is 0.314. The van der Waals surface area contributed by atoms with Gasteiger partial charge in [0, 0.05) is 30.0 Å². The van der Waals surface area contributed by atoms with Gasteiger partial charge in [0.1, 0.15) is 3.42 Å². The number of ether oxygens (including phenoxy) is 3. The third-order valence-corrected chi connectivity index (χ3v) is 11.0. The number of piperidine rings is 2. The molecule has 0 radical (unpaired) electrons. The minimum absolute atomic E-state index is 0.0707. The molecule has 3 saturated heterocycles. The molecule has 7 rings (SSSR count). The van der Waals surface area contributed by atoms with Crippen LogP contribution < -0.4 is 14.4 Å². The van der Waals surface area contributed by atoms with Gasteiger partial charge in [-0.1, -0.05) is 48.1 Å². The first-order valence-electron chi connectivity index (χ1n) is 12.0. The molecule has 1 saturated carbocycles. The lowest BCUT2D eigenvalue weighted by Crippen LogP contribution is -2.78. The van der Waals surface area contributed by atoms with Gasteiger partial charge in [0.25, 0.3) is 0 Å². The summed E-state index contributed by atoms with van der Waals surface area (Å²) in [6, 6.07) is 4.71. The van der Waals surface area contributed by atoms with Crippen LogP contribution >= 0.6 is 22.6 Å². The molecule has 2 bridgehead atoms. The number of hydrogen-bond acceptors (Lipinski definition) is 5. The number of carbonyl (C=O) groups excluding carboxylic acids is 1. The van der Waals surface area contributed by atoms with Crippen LogP contribution in [0.15, 0.2) is 23.8 Å². The summed E-state index contributed by atoms with van der Waals surface area (Å²) in [5, 5.41) is 0. The number of rotatable bonds is 2. The number of fused-ring (bicyclic) bond motifs is 2. The van der Waals surface area contributed by atoms with Crippen molar-refractivity contribution < 1.29 is 19.0 Å². The van der Waals surface area contributed by atoms with Crippen molar-refractivity contribution in [3.05, 3.63) is 29.3 Å². The largest absolute Gasteiger partial charge is 0.493 e. The Bertz CT molecular complexity index is 1130. The van der Waals surface area contributed by atoms with Crippen LogP contribution in [-0.2, 0) is 14.9 Å². The SMILES string of the molecule is COc1cc2c(cc1OC)[C@@]13CCN4CC5=CCO[C@@H]6[C@@H]([C@@H]1N2C(=O)C6(C)I)[C@H]5C(C)(C)[C@H]43. The van der Waals surface area contributed by atoms with Crippen molar-refractivity contribution in [2.75, 3.05) is 38.8 Å². The average molecular weight is 562 g/mol. The normalized spacial score (nSPS) is 43.7. The zero-order valence-electron chi connectivity index (χ0n) is 19.9. The van der Waals surface area contributed by atoms with Crippen LogP contribution in [0.2, 0.25) is 0 Å². The van der Waals surface area contributed by atoms with E-state index in [1.807, 2.05) is 0 Å². The zero-order valence-corrected chi connectivity index (χ0v) is 22.0. The lowest BCUT2D eigenvalue weighted by Gasteiger charge is -2.67. The Balaban J connectivity index is 1.59. The Morgan fingerprint density at radius 2 is 1.88 bits per heavy atom. The standard InChI is InChI=1S/C26H31IN2O4/c1-24(2)19-13-6-9-33-21-18(19)20-26(7-8-28(12-13)22(24)26)14-10-16(31-4)17(32-5)11-15(14)29(20)23(30)25(21,3)27/h6,10-11,18-22H,7-9,12H2,1-5H3/t18-,19+,20+,21-,22+,25?,26+/m1/s1. The van der Waals surface area contributed by atoms with Crippen LogP contribution in [-0.4, -0.2) is 66.3 Å². The second kappa shape index (κ2) is 6.26. The molecule has 5 aliphatic heterocycles. The van der Waals surface area contributed by atoms with Gasteiger partial charge in [-0.2, -0.15) is 0 Å². The molecule has 0 aromatic heterocycles. The molecule has 1 amide bonds. The Labute approximate surface area is 208 Å². The topological polar surface area (TPSA) is 51.2 Å². The van der Waals surface area contributed by atoms with Gasteiger partial charge >= 0.3 is 0 Å². The third-order valence-electron chi connectivity index (χ3n) is 9.92. The summed E-state index contributed by atoms with van der Waals surface area (Å²) >= 11 is 2.38. The van der Waals surface area contributed by atoms with Crippen molar-refractivity contribution in [2.24, 2.45) is 17.3 Å². The van der Waals surface area contributed by atoms with E-state index >= 15 is 0 Å².